The Balaban J connectivity index is 1.99. The van der Waals surface area contributed by atoms with E-state index in [2.05, 4.69) is 15.9 Å². The van der Waals surface area contributed by atoms with Crippen LogP contribution in [-0.2, 0) is 4.74 Å². The lowest BCUT2D eigenvalue weighted by molar-refractivity contribution is 0.00143. The number of nitrogens with zero attached hydrogens (tertiary/aromatic N) is 1. The van der Waals surface area contributed by atoms with Crippen LogP contribution in [0.5, 0.6) is 0 Å². The molecule has 1 heterocycles. The van der Waals surface area contributed by atoms with Crippen LogP contribution in [0.2, 0.25) is 0 Å². The zero-order valence-corrected chi connectivity index (χ0v) is 13.7. The van der Waals surface area contributed by atoms with E-state index in [1.165, 1.54) is 17.0 Å². The number of Topliss-reactive ketones (excluding diaryl/α,β-unsaturated/α-hetero) is 1. The van der Waals surface area contributed by atoms with Crippen LogP contribution < -0.4 is 0 Å². The molecular weight excluding hydrogens is 341 g/mol. The number of carbonyl (C=O) groups excluding carboxylic acids is 2. The molecule has 0 saturated carbocycles. The molecule has 1 amide bonds. The smallest absolute Gasteiger partial charge is 0.410 e. The van der Waals surface area contributed by atoms with Gasteiger partial charge in [-0.15, -0.1) is 0 Å². The Bertz CT molecular complexity index is 557. The summed E-state index contributed by atoms with van der Waals surface area (Å²) in [5.41, 5.74) is -0.521. The van der Waals surface area contributed by atoms with Gasteiger partial charge in [0.15, 0.2) is 5.78 Å². The van der Waals surface area contributed by atoms with E-state index >= 15 is 0 Å². The summed E-state index contributed by atoms with van der Waals surface area (Å²) < 4.78 is 19.4. The van der Waals surface area contributed by atoms with Crippen molar-refractivity contribution in [3.63, 3.8) is 0 Å². The Morgan fingerprint density at radius 2 is 1.95 bits per heavy atom. The standard InChI is InChI=1S/C15H17BrFNO3/c1-15(2,3)21-14(20)18-7-9(8-18)13(19)12-10(16)5-4-6-11(12)17/h4-6,9H,7-8H2,1-3H3. The molecule has 1 aromatic rings. The summed E-state index contributed by atoms with van der Waals surface area (Å²) in [6, 6.07) is 4.41. The van der Waals surface area contributed by atoms with Gasteiger partial charge in [-0.05, 0) is 48.8 Å². The molecule has 0 atom stereocenters. The highest BCUT2D eigenvalue weighted by Crippen LogP contribution is 2.28. The van der Waals surface area contributed by atoms with E-state index in [0.717, 1.165) is 0 Å². The highest BCUT2D eigenvalue weighted by molar-refractivity contribution is 9.10. The van der Waals surface area contributed by atoms with E-state index in [1.54, 1.807) is 26.8 Å². The number of halogens is 2. The van der Waals surface area contributed by atoms with E-state index in [-0.39, 0.29) is 30.4 Å². The van der Waals surface area contributed by atoms with Gasteiger partial charge in [0.25, 0.3) is 0 Å². The molecule has 4 nitrogen and oxygen atoms in total. The van der Waals surface area contributed by atoms with Crippen molar-refractivity contribution in [3.05, 3.63) is 34.1 Å². The largest absolute Gasteiger partial charge is 0.444 e. The van der Waals surface area contributed by atoms with Crippen molar-refractivity contribution in [2.75, 3.05) is 13.1 Å². The Hall–Kier alpha value is -1.43. The number of hydrogen-bond acceptors (Lipinski definition) is 3. The van der Waals surface area contributed by atoms with Gasteiger partial charge >= 0.3 is 6.09 Å². The Morgan fingerprint density at radius 1 is 1.33 bits per heavy atom. The van der Waals surface area contributed by atoms with E-state index in [4.69, 9.17) is 4.74 Å². The van der Waals surface area contributed by atoms with Crippen molar-refractivity contribution in [3.8, 4) is 0 Å². The van der Waals surface area contributed by atoms with Gasteiger partial charge < -0.3 is 9.64 Å². The first-order valence-electron chi connectivity index (χ1n) is 6.65. The van der Waals surface area contributed by atoms with Crippen LogP contribution in [0.1, 0.15) is 31.1 Å². The number of hydrogen-bond donors (Lipinski definition) is 0. The van der Waals surface area contributed by atoms with Crippen LogP contribution in [0, 0.1) is 11.7 Å². The van der Waals surface area contributed by atoms with Crippen LogP contribution in [0.15, 0.2) is 22.7 Å². The van der Waals surface area contributed by atoms with Gasteiger partial charge in [0.05, 0.1) is 11.5 Å². The molecule has 0 spiro atoms. The van der Waals surface area contributed by atoms with Crippen LogP contribution in [0.4, 0.5) is 9.18 Å². The van der Waals surface area contributed by atoms with E-state index in [0.29, 0.717) is 4.47 Å². The van der Waals surface area contributed by atoms with E-state index in [9.17, 15) is 14.0 Å². The summed E-state index contributed by atoms with van der Waals surface area (Å²) in [6.45, 7) is 5.86. The van der Waals surface area contributed by atoms with Crippen LogP contribution >= 0.6 is 15.9 Å². The molecule has 1 aromatic carbocycles. The maximum absolute atomic E-state index is 13.7. The Labute approximate surface area is 131 Å². The first kappa shape index (κ1) is 15.9. The minimum absolute atomic E-state index is 0.0475. The van der Waals surface area contributed by atoms with E-state index in [1.807, 2.05) is 0 Å². The molecule has 1 aliphatic rings. The van der Waals surface area contributed by atoms with Gasteiger partial charge in [-0.2, -0.15) is 0 Å². The van der Waals surface area contributed by atoms with Crippen molar-refractivity contribution in [2.45, 2.75) is 26.4 Å². The van der Waals surface area contributed by atoms with Gasteiger partial charge in [0.1, 0.15) is 11.4 Å². The topological polar surface area (TPSA) is 46.6 Å². The number of ketones is 1. The second-order valence-electron chi connectivity index (χ2n) is 6.04. The number of carbonyl (C=O) groups is 2. The van der Waals surface area contributed by atoms with Crippen molar-refractivity contribution >= 4 is 27.8 Å². The summed E-state index contributed by atoms with van der Waals surface area (Å²) in [6.07, 6.45) is -0.445. The van der Waals surface area contributed by atoms with Crippen molar-refractivity contribution in [1.82, 2.24) is 4.90 Å². The average molecular weight is 358 g/mol. The Kier molecular flexibility index (Phi) is 4.37. The van der Waals surface area contributed by atoms with Gasteiger partial charge in [-0.25, -0.2) is 9.18 Å². The molecular formula is C15H17BrFNO3. The summed E-state index contributed by atoms with van der Waals surface area (Å²) in [4.78, 5) is 25.5. The monoisotopic (exact) mass is 357 g/mol. The molecule has 0 aliphatic carbocycles. The molecule has 0 bridgehead atoms. The van der Waals surface area contributed by atoms with Crippen LogP contribution in [-0.4, -0.2) is 35.5 Å². The zero-order chi connectivity index (χ0) is 15.8. The van der Waals surface area contributed by atoms with Gasteiger partial charge in [-0.3, -0.25) is 4.79 Å². The molecule has 1 aliphatic heterocycles. The predicted octanol–water partition coefficient (Wildman–Crippen LogP) is 3.64. The van der Waals surface area contributed by atoms with Gasteiger partial charge in [0.2, 0.25) is 0 Å². The van der Waals surface area contributed by atoms with Crippen LogP contribution in [0.25, 0.3) is 0 Å². The molecule has 21 heavy (non-hydrogen) atoms. The zero-order valence-electron chi connectivity index (χ0n) is 12.2. The molecule has 6 heteroatoms. The second-order valence-corrected chi connectivity index (χ2v) is 6.90. The third kappa shape index (κ3) is 3.61. The molecule has 114 valence electrons. The fourth-order valence-electron chi connectivity index (χ4n) is 2.06. The first-order chi connectivity index (χ1) is 9.69. The lowest BCUT2D eigenvalue weighted by Gasteiger charge is -2.39. The number of amides is 1. The van der Waals surface area contributed by atoms with Gasteiger partial charge in [-0.1, -0.05) is 6.07 Å². The molecule has 1 fully saturated rings. The third-order valence-electron chi connectivity index (χ3n) is 3.11. The van der Waals surface area contributed by atoms with Crippen molar-refractivity contribution < 1.29 is 18.7 Å². The minimum atomic E-state index is -0.569. The molecule has 0 radical (unpaired) electrons. The highest BCUT2D eigenvalue weighted by Gasteiger charge is 2.39. The Morgan fingerprint density at radius 3 is 2.48 bits per heavy atom. The SMILES string of the molecule is CC(C)(C)OC(=O)N1CC(C(=O)c2c(F)cccc2Br)C1. The number of likely N-dealkylation sites (tertiary alicyclic amines) is 1. The maximum Gasteiger partial charge on any atom is 0.410 e. The number of ether oxygens (including phenoxy) is 1. The second kappa shape index (κ2) is 5.75. The van der Waals surface area contributed by atoms with Crippen molar-refractivity contribution in [2.24, 2.45) is 5.92 Å². The summed E-state index contributed by atoms with van der Waals surface area (Å²) in [7, 11) is 0. The lowest BCUT2D eigenvalue weighted by atomic mass is 9.91. The summed E-state index contributed by atoms with van der Waals surface area (Å²) in [5.74, 6) is -1.23. The predicted molar refractivity (Wildman–Crippen MR) is 79.7 cm³/mol. The minimum Gasteiger partial charge on any atom is -0.444 e. The highest BCUT2D eigenvalue weighted by atomic mass is 79.9. The normalized spacial score (nSPS) is 15.6. The number of rotatable bonds is 2. The fourth-order valence-corrected chi connectivity index (χ4v) is 2.59. The van der Waals surface area contributed by atoms with Crippen LogP contribution in [0.3, 0.4) is 0 Å². The summed E-state index contributed by atoms with van der Waals surface area (Å²) in [5, 5.41) is 0. The third-order valence-corrected chi connectivity index (χ3v) is 3.77. The molecule has 1 saturated heterocycles. The molecule has 0 N–H and O–H groups in total. The van der Waals surface area contributed by atoms with Gasteiger partial charge in [0, 0.05) is 17.6 Å². The lowest BCUT2D eigenvalue weighted by Crippen LogP contribution is -2.54. The maximum atomic E-state index is 13.7. The van der Waals surface area contributed by atoms with E-state index < -0.39 is 17.5 Å². The average Bonchev–Trinajstić information content (AvgIpc) is 2.23. The molecule has 0 aromatic heterocycles. The molecule has 0 unspecified atom stereocenters. The quantitative estimate of drug-likeness (QED) is 0.759. The number of benzene rings is 1. The van der Waals surface area contributed by atoms with Crippen molar-refractivity contribution in [1.29, 1.82) is 0 Å². The fraction of sp³-hybridized carbons (Fsp3) is 0.467. The summed E-state index contributed by atoms with van der Waals surface area (Å²) >= 11 is 3.19. The first-order valence-corrected chi connectivity index (χ1v) is 7.44. The molecule has 2 rings (SSSR count).